The van der Waals surface area contributed by atoms with Crippen molar-refractivity contribution in [2.45, 2.75) is 40.2 Å². The maximum atomic E-state index is 6.22. The molecule has 0 spiro atoms. The Morgan fingerprint density at radius 2 is 2.05 bits per heavy atom. The second-order valence-electron chi connectivity index (χ2n) is 4.85. The standard InChI is InChI=1S/C14H19ClN4S/c1-5-6-12-17-13(15)9(2)14(18-12)19(4)7-11-10(3)16-8-20-11/h8H,5-7H2,1-4H3. The third-order valence-corrected chi connectivity index (χ3v) is 4.46. The van der Waals surface area contributed by atoms with Gasteiger partial charge in [-0.25, -0.2) is 15.0 Å². The average molecular weight is 311 g/mol. The number of halogens is 1. The molecule has 0 unspecified atom stereocenters. The van der Waals surface area contributed by atoms with Crippen molar-refractivity contribution in [2.24, 2.45) is 0 Å². The molecule has 4 nitrogen and oxygen atoms in total. The van der Waals surface area contributed by atoms with Gasteiger partial charge in [0.2, 0.25) is 0 Å². The summed E-state index contributed by atoms with van der Waals surface area (Å²) in [5.41, 5.74) is 3.88. The predicted octanol–water partition coefficient (Wildman–Crippen LogP) is 3.79. The molecule has 0 atom stereocenters. The molecule has 20 heavy (non-hydrogen) atoms. The van der Waals surface area contributed by atoms with E-state index < -0.39 is 0 Å². The van der Waals surface area contributed by atoms with Gasteiger partial charge in [-0.3, -0.25) is 0 Å². The van der Waals surface area contributed by atoms with Crippen LogP contribution >= 0.6 is 22.9 Å². The quantitative estimate of drug-likeness (QED) is 0.788. The molecule has 2 aromatic rings. The van der Waals surface area contributed by atoms with Crippen LogP contribution in [0.2, 0.25) is 5.15 Å². The molecule has 6 heteroatoms. The van der Waals surface area contributed by atoms with E-state index in [0.717, 1.165) is 42.3 Å². The van der Waals surface area contributed by atoms with Gasteiger partial charge < -0.3 is 4.90 Å². The summed E-state index contributed by atoms with van der Waals surface area (Å²) in [5.74, 6) is 1.72. The lowest BCUT2D eigenvalue weighted by atomic mass is 10.2. The second kappa shape index (κ2) is 6.50. The van der Waals surface area contributed by atoms with Gasteiger partial charge in [0.15, 0.2) is 0 Å². The smallest absolute Gasteiger partial charge is 0.137 e. The molecule has 2 rings (SSSR count). The van der Waals surface area contributed by atoms with E-state index in [9.17, 15) is 0 Å². The lowest BCUT2D eigenvalue weighted by molar-refractivity contribution is 0.807. The van der Waals surface area contributed by atoms with Crippen molar-refractivity contribution in [3.05, 3.63) is 32.6 Å². The van der Waals surface area contributed by atoms with Gasteiger partial charge in [0.25, 0.3) is 0 Å². The molecule has 2 aromatic heterocycles. The molecular weight excluding hydrogens is 292 g/mol. The molecule has 2 heterocycles. The van der Waals surface area contributed by atoms with Crippen LogP contribution in [0.5, 0.6) is 0 Å². The molecule has 0 fully saturated rings. The van der Waals surface area contributed by atoms with Crippen LogP contribution in [-0.4, -0.2) is 22.0 Å². The highest BCUT2D eigenvalue weighted by Gasteiger charge is 2.14. The third kappa shape index (κ3) is 3.27. The molecule has 0 amide bonds. The molecule has 0 aliphatic rings. The van der Waals surface area contributed by atoms with Gasteiger partial charge in [-0.15, -0.1) is 11.3 Å². The molecule has 0 saturated carbocycles. The number of rotatable bonds is 5. The van der Waals surface area contributed by atoms with Gasteiger partial charge in [-0.05, 0) is 20.3 Å². The molecule has 0 radical (unpaired) electrons. The molecule has 0 N–H and O–H groups in total. The van der Waals surface area contributed by atoms with E-state index in [-0.39, 0.29) is 0 Å². The van der Waals surface area contributed by atoms with Crippen LogP contribution in [0.3, 0.4) is 0 Å². The van der Waals surface area contributed by atoms with E-state index in [1.165, 1.54) is 4.88 Å². The van der Waals surface area contributed by atoms with Gasteiger partial charge in [-0.2, -0.15) is 0 Å². The highest BCUT2D eigenvalue weighted by molar-refractivity contribution is 7.09. The van der Waals surface area contributed by atoms with Gasteiger partial charge in [-0.1, -0.05) is 18.5 Å². The number of aryl methyl sites for hydroxylation is 2. The first-order valence-electron chi connectivity index (χ1n) is 6.66. The molecule has 0 bridgehead atoms. The summed E-state index contributed by atoms with van der Waals surface area (Å²) < 4.78 is 0. The van der Waals surface area contributed by atoms with E-state index in [1.807, 2.05) is 26.4 Å². The summed E-state index contributed by atoms with van der Waals surface area (Å²) in [7, 11) is 2.03. The predicted molar refractivity (Wildman–Crippen MR) is 84.7 cm³/mol. The lowest BCUT2D eigenvalue weighted by Gasteiger charge is -2.20. The summed E-state index contributed by atoms with van der Waals surface area (Å²) in [4.78, 5) is 16.6. The number of hydrogen-bond donors (Lipinski definition) is 0. The third-order valence-electron chi connectivity index (χ3n) is 3.17. The Bertz CT molecular complexity index is 597. The fourth-order valence-corrected chi connectivity index (χ4v) is 3.01. The number of anilines is 1. The first kappa shape index (κ1) is 15.2. The maximum absolute atomic E-state index is 6.22. The molecule has 0 saturated heterocycles. The van der Waals surface area contributed by atoms with Crippen molar-refractivity contribution in [2.75, 3.05) is 11.9 Å². The zero-order chi connectivity index (χ0) is 14.7. The first-order chi connectivity index (χ1) is 9.52. The molecule has 0 aromatic carbocycles. The average Bonchev–Trinajstić information content (AvgIpc) is 2.79. The summed E-state index contributed by atoms with van der Waals surface area (Å²) in [6.07, 6.45) is 1.86. The van der Waals surface area contributed by atoms with Crippen LogP contribution < -0.4 is 4.90 Å². The van der Waals surface area contributed by atoms with Crippen molar-refractivity contribution in [3.63, 3.8) is 0 Å². The van der Waals surface area contributed by atoms with Crippen molar-refractivity contribution < 1.29 is 0 Å². The van der Waals surface area contributed by atoms with E-state index in [0.29, 0.717) is 5.15 Å². The van der Waals surface area contributed by atoms with Gasteiger partial charge in [0, 0.05) is 23.9 Å². The van der Waals surface area contributed by atoms with E-state index in [1.54, 1.807) is 11.3 Å². The van der Waals surface area contributed by atoms with Crippen molar-refractivity contribution in [1.29, 1.82) is 0 Å². The van der Waals surface area contributed by atoms with Crippen LogP contribution in [-0.2, 0) is 13.0 Å². The van der Waals surface area contributed by atoms with E-state index in [4.69, 9.17) is 11.6 Å². The molecule has 0 aliphatic carbocycles. The van der Waals surface area contributed by atoms with Gasteiger partial charge in [0.1, 0.15) is 16.8 Å². The number of hydrogen-bond acceptors (Lipinski definition) is 5. The zero-order valence-corrected chi connectivity index (χ0v) is 13.8. The Balaban J connectivity index is 2.28. The Morgan fingerprint density at radius 3 is 2.65 bits per heavy atom. The highest BCUT2D eigenvalue weighted by atomic mass is 35.5. The minimum atomic E-state index is 0.548. The topological polar surface area (TPSA) is 41.9 Å². The monoisotopic (exact) mass is 310 g/mol. The lowest BCUT2D eigenvalue weighted by Crippen LogP contribution is -2.20. The van der Waals surface area contributed by atoms with Gasteiger partial charge in [0.05, 0.1) is 17.7 Å². The number of thiazole rings is 1. The fraction of sp³-hybridized carbons (Fsp3) is 0.500. The van der Waals surface area contributed by atoms with Crippen LogP contribution in [0.25, 0.3) is 0 Å². The fourth-order valence-electron chi connectivity index (χ4n) is 2.00. The van der Waals surface area contributed by atoms with Crippen LogP contribution in [0, 0.1) is 13.8 Å². The SMILES string of the molecule is CCCc1nc(Cl)c(C)c(N(C)Cc2scnc2C)n1. The Hall–Kier alpha value is -1.20. The van der Waals surface area contributed by atoms with E-state index >= 15 is 0 Å². The van der Waals surface area contributed by atoms with Crippen LogP contribution in [0.4, 0.5) is 5.82 Å². The van der Waals surface area contributed by atoms with Crippen LogP contribution in [0.1, 0.15) is 35.3 Å². The number of nitrogens with zero attached hydrogens (tertiary/aromatic N) is 4. The first-order valence-corrected chi connectivity index (χ1v) is 7.91. The van der Waals surface area contributed by atoms with Crippen molar-refractivity contribution in [1.82, 2.24) is 15.0 Å². The Kier molecular flexibility index (Phi) is 4.94. The number of aromatic nitrogens is 3. The Morgan fingerprint density at radius 1 is 1.30 bits per heavy atom. The molecule has 108 valence electrons. The van der Waals surface area contributed by atoms with E-state index in [2.05, 4.69) is 26.8 Å². The van der Waals surface area contributed by atoms with Crippen molar-refractivity contribution in [3.8, 4) is 0 Å². The summed E-state index contributed by atoms with van der Waals surface area (Å²) >= 11 is 7.89. The molecular formula is C14H19ClN4S. The van der Waals surface area contributed by atoms with Crippen molar-refractivity contribution >= 4 is 28.8 Å². The summed E-state index contributed by atoms with van der Waals surface area (Å²) in [6, 6.07) is 0. The minimum absolute atomic E-state index is 0.548. The Labute approximate surface area is 128 Å². The summed E-state index contributed by atoms with van der Waals surface area (Å²) in [5, 5.41) is 0.548. The molecule has 0 aliphatic heterocycles. The zero-order valence-electron chi connectivity index (χ0n) is 12.3. The van der Waals surface area contributed by atoms with Crippen LogP contribution in [0.15, 0.2) is 5.51 Å². The largest absolute Gasteiger partial charge is 0.354 e. The maximum Gasteiger partial charge on any atom is 0.137 e. The highest BCUT2D eigenvalue weighted by Crippen LogP contribution is 2.25. The van der Waals surface area contributed by atoms with Gasteiger partial charge >= 0.3 is 0 Å². The second-order valence-corrected chi connectivity index (χ2v) is 6.14. The minimum Gasteiger partial charge on any atom is -0.354 e. The normalized spacial score (nSPS) is 10.8. The summed E-state index contributed by atoms with van der Waals surface area (Å²) in [6.45, 7) is 6.89.